The van der Waals surface area contributed by atoms with Gasteiger partial charge in [0.15, 0.2) is 0 Å². The number of anilines is 1. The van der Waals surface area contributed by atoms with Gasteiger partial charge in [-0.25, -0.2) is 8.42 Å². The van der Waals surface area contributed by atoms with E-state index in [1.54, 1.807) is 18.2 Å². The Kier molecular flexibility index (Phi) is 3.69. The zero-order chi connectivity index (χ0) is 14.9. The van der Waals surface area contributed by atoms with Gasteiger partial charge in [-0.2, -0.15) is 0 Å². The molecule has 0 spiro atoms. The lowest BCUT2D eigenvalue weighted by atomic mass is 10.2. The molecule has 3 rings (SSSR count). The molecule has 2 aromatic carbocycles. The first-order valence-corrected chi connectivity index (χ1v) is 8.41. The van der Waals surface area contributed by atoms with E-state index in [-0.39, 0.29) is 0 Å². The van der Waals surface area contributed by atoms with Crippen LogP contribution in [0, 0.1) is 0 Å². The average molecular weight is 302 g/mol. The minimum Gasteiger partial charge on any atom is -0.316 e. The molecule has 4 nitrogen and oxygen atoms in total. The van der Waals surface area contributed by atoms with Crippen molar-refractivity contribution in [1.29, 1.82) is 0 Å². The molecule has 1 heterocycles. The van der Waals surface area contributed by atoms with Crippen LogP contribution in [0.15, 0.2) is 53.4 Å². The van der Waals surface area contributed by atoms with Crippen molar-refractivity contribution in [2.24, 2.45) is 0 Å². The molecule has 0 saturated carbocycles. The molecule has 0 saturated heterocycles. The summed E-state index contributed by atoms with van der Waals surface area (Å²) in [6.45, 7) is 1.16. The third-order valence-electron chi connectivity index (χ3n) is 3.71. The SMILES string of the molecule is CNCc1cccc(S(=O)(=O)N2CCc3ccccc32)c1. The number of fused-ring (bicyclic) bond motifs is 1. The molecular weight excluding hydrogens is 284 g/mol. The number of nitrogens with one attached hydrogen (secondary N) is 1. The van der Waals surface area contributed by atoms with Gasteiger partial charge >= 0.3 is 0 Å². The van der Waals surface area contributed by atoms with E-state index in [0.717, 1.165) is 23.2 Å². The van der Waals surface area contributed by atoms with E-state index in [0.29, 0.717) is 18.0 Å². The summed E-state index contributed by atoms with van der Waals surface area (Å²) in [5.41, 5.74) is 2.86. The van der Waals surface area contributed by atoms with E-state index < -0.39 is 10.0 Å². The van der Waals surface area contributed by atoms with Crippen LogP contribution < -0.4 is 9.62 Å². The lowest BCUT2D eigenvalue weighted by Gasteiger charge is -2.20. The van der Waals surface area contributed by atoms with Crippen LogP contribution in [0.4, 0.5) is 5.69 Å². The van der Waals surface area contributed by atoms with Crippen molar-refractivity contribution < 1.29 is 8.42 Å². The summed E-state index contributed by atoms with van der Waals surface area (Å²) < 4.78 is 27.2. The van der Waals surface area contributed by atoms with Crippen LogP contribution in [0.5, 0.6) is 0 Å². The van der Waals surface area contributed by atoms with Crippen LogP contribution in [-0.2, 0) is 23.0 Å². The molecular formula is C16H18N2O2S. The van der Waals surface area contributed by atoms with Crippen molar-refractivity contribution in [3.8, 4) is 0 Å². The quantitative estimate of drug-likeness (QED) is 0.941. The number of nitrogens with zero attached hydrogens (tertiary/aromatic N) is 1. The predicted molar refractivity (Wildman–Crippen MR) is 83.9 cm³/mol. The molecule has 0 radical (unpaired) electrons. The zero-order valence-electron chi connectivity index (χ0n) is 11.9. The highest BCUT2D eigenvalue weighted by atomic mass is 32.2. The van der Waals surface area contributed by atoms with Crippen molar-refractivity contribution in [2.45, 2.75) is 17.9 Å². The average Bonchev–Trinajstić information content (AvgIpc) is 2.92. The van der Waals surface area contributed by atoms with Gasteiger partial charge in [0.25, 0.3) is 10.0 Å². The van der Waals surface area contributed by atoms with E-state index >= 15 is 0 Å². The van der Waals surface area contributed by atoms with Gasteiger partial charge in [0.2, 0.25) is 0 Å². The molecule has 0 bridgehead atoms. The maximum atomic E-state index is 12.9. The summed E-state index contributed by atoms with van der Waals surface area (Å²) in [4.78, 5) is 0.354. The Morgan fingerprint density at radius 3 is 2.76 bits per heavy atom. The Morgan fingerprint density at radius 2 is 1.95 bits per heavy atom. The molecule has 0 fully saturated rings. The van der Waals surface area contributed by atoms with Crippen molar-refractivity contribution in [2.75, 3.05) is 17.9 Å². The standard InChI is InChI=1S/C16H18N2O2S/c1-17-12-13-5-4-7-15(11-13)21(19,20)18-10-9-14-6-2-3-8-16(14)18/h2-8,11,17H,9-10,12H2,1H3. The van der Waals surface area contributed by atoms with E-state index in [1.165, 1.54) is 4.31 Å². The van der Waals surface area contributed by atoms with Gasteiger partial charge in [-0.3, -0.25) is 4.31 Å². The highest BCUT2D eigenvalue weighted by Crippen LogP contribution is 2.32. The number of benzene rings is 2. The summed E-state index contributed by atoms with van der Waals surface area (Å²) in [6, 6.07) is 14.8. The monoisotopic (exact) mass is 302 g/mol. The van der Waals surface area contributed by atoms with Crippen LogP contribution >= 0.6 is 0 Å². The lowest BCUT2D eigenvalue weighted by molar-refractivity contribution is 0.592. The smallest absolute Gasteiger partial charge is 0.264 e. The molecule has 0 aromatic heterocycles. The molecule has 1 aliphatic heterocycles. The Morgan fingerprint density at radius 1 is 1.14 bits per heavy atom. The van der Waals surface area contributed by atoms with Crippen LogP contribution in [0.2, 0.25) is 0 Å². The maximum Gasteiger partial charge on any atom is 0.264 e. The Hall–Kier alpha value is -1.85. The zero-order valence-corrected chi connectivity index (χ0v) is 12.7. The van der Waals surface area contributed by atoms with Gasteiger partial charge in [0.05, 0.1) is 10.6 Å². The van der Waals surface area contributed by atoms with E-state index in [2.05, 4.69) is 5.32 Å². The second-order valence-electron chi connectivity index (χ2n) is 5.13. The minimum absolute atomic E-state index is 0.354. The predicted octanol–water partition coefficient (Wildman–Crippen LogP) is 2.16. The van der Waals surface area contributed by atoms with E-state index in [1.807, 2.05) is 37.4 Å². The third-order valence-corrected chi connectivity index (χ3v) is 5.52. The molecule has 2 aromatic rings. The van der Waals surface area contributed by atoms with Gasteiger partial charge in [-0.15, -0.1) is 0 Å². The molecule has 0 atom stereocenters. The summed E-state index contributed by atoms with van der Waals surface area (Å²) >= 11 is 0. The number of sulfonamides is 1. The highest BCUT2D eigenvalue weighted by molar-refractivity contribution is 7.92. The maximum absolute atomic E-state index is 12.9. The van der Waals surface area contributed by atoms with E-state index in [4.69, 9.17) is 0 Å². The molecule has 0 aliphatic carbocycles. The number of para-hydroxylation sites is 1. The number of hydrogen-bond acceptors (Lipinski definition) is 3. The summed E-state index contributed by atoms with van der Waals surface area (Å²) in [5, 5.41) is 3.04. The fourth-order valence-corrected chi connectivity index (χ4v) is 4.28. The Balaban J connectivity index is 2.00. The third kappa shape index (κ3) is 2.54. The highest BCUT2D eigenvalue weighted by Gasteiger charge is 2.30. The molecule has 21 heavy (non-hydrogen) atoms. The first-order chi connectivity index (χ1) is 10.1. The second kappa shape index (κ2) is 5.50. The fourth-order valence-electron chi connectivity index (χ4n) is 2.70. The van der Waals surface area contributed by atoms with Crippen LogP contribution in [-0.4, -0.2) is 22.0 Å². The minimum atomic E-state index is -3.49. The molecule has 1 aliphatic rings. The van der Waals surface area contributed by atoms with E-state index in [9.17, 15) is 8.42 Å². The molecule has 0 amide bonds. The Bertz CT molecular complexity index is 756. The van der Waals surface area contributed by atoms with Gasteiger partial charge in [-0.05, 0) is 42.8 Å². The fraction of sp³-hybridized carbons (Fsp3) is 0.250. The van der Waals surface area contributed by atoms with Crippen LogP contribution in [0.1, 0.15) is 11.1 Å². The van der Waals surface area contributed by atoms with Crippen molar-refractivity contribution >= 4 is 15.7 Å². The summed E-state index contributed by atoms with van der Waals surface area (Å²) in [7, 11) is -1.64. The molecule has 0 unspecified atom stereocenters. The van der Waals surface area contributed by atoms with Crippen molar-refractivity contribution in [3.05, 3.63) is 59.7 Å². The first kappa shape index (κ1) is 14.1. The molecule has 110 valence electrons. The van der Waals surface area contributed by atoms with Gasteiger partial charge in [0, 0.05) is 13.1 Å². The number of rotatable bonds is 4. The largest absolute Gasteiger partial charge is 0.316 e. The second-order valence-corrected chi connectivity index (χ2v) is 7.00. The summed E-state index contributed by atoms with van der Waals surface area (Å²) in [5.74, 6) is 0. The molecule has 5 heteroatoms. The van der Waals surface area contributed by atoms with Gasteiger partial charge < -0.3 is 5.32 Å². The van der Waals surface area contributed by atoms with Crippen LogP contribution in [0.3, 0.4) is 0 Å². The Labute approximate surface area is 125 Å². The van der Waals surface area contributed by atoms with Gasteiger partial charge in [0.1, 0.15) is 0 Å². The normalized spacial score (nSPS) is 14.2. The topological polar surface area (TPSA) is 49.4 Å². The van der Waals surface area contributed by atoms with Crippen molar-refractivity contribution in [1.82, 2.24) is 5.32 Å². The van der Waals surface area contributed by atoms with Gasteiger partial charge in [-0.1, -0.05) is 30.3 Å². The lowest BCUT2D eigenvalue weighted by Crippen LogP contribution is -2.29. The molecule has 1 N–H and O–H groups in total. The number of hydrogen-bond donors (Lipinski definition) is 1. The summed E-state index contributed by atoms with van der Waals surface area (Å²) in [6.07, 6.45) is 0.769. The van der Waals surface area contributed by atoms with Crippen LogP contribution in [0.25, 0.3) is 0 Å². The first-order valence-electron chi connectivity index (χ1n) is 6.97. The van der Waals surface area contributed by atoms with Crippen molar-refractivity contribution in [3.63, 3.8) is 0 Å².